The van der Waals surface area contributed by atoms with E-state index in [-0.39, 0.29) is 19.2 Å². The molecule has 0 atom stereocenters. The quantitative estimate of drug-likeness (QED) is 0.368. The van der Waals surface area contributed by atoms with Crippen molar-refractivity contribution in [2.75, 3.05) is 19.1 Å². The number of imidazole rings is 1. The Balaban J connectivity index is 1.55. The first-order valence-corrected chi connectivity index (χ1v) is 12.8. The fraction of sp³-hybridized carbons (Fsp3) is 0.286. The summed E-state index contributed by atoms with van der Waals surface area (Å²) in [5, 5.41) is 0.0287. The first-order chi connectivity index (χ1) is 16.3. The van der Waals surface area contributed by atoms with Gasteiger partial charge in [-0.05, 0) is 38.1 Å². The van der Waals surface area contributed by atoms with E-state index in [4.69, 9.17) is 19.6 Å². The van der Waals surface area contributed by atoms with Gasteiger partial charge >= 0.3 is 0 Å². The topological polar surface area (TPSA) is 147 Å². The van der Waals surface area contributed by atoms with E-state index in [9.17, 15) is 8.42 Å². The molecule has 0 amide bonds. The van der Waals surface area contributed by atoms with Crippen LogP contribution in [-0.4, -0.2) is 46.5 Å². The number of rotatable bonds is 8. The Morgan fingerprint density at radius 1 is 1.24 bits per heavy atom. The summed E-state index contributed by atoms with van der Waals surface area (Å²) in [6.07, 6.45) is 2.96. The molecule has 0 bridgehead atoms. The number of nitrogens with zero attached hydrogens (tertiary/aromatic N) is 4. The molecule has 3 N–H and O–H groups in total. The molecule has 4 aromatic rings. The zero-order valence-corrected chi connectivity index (χ0v) is 20.0. The van der Waals surface area contributed by atoms with Gasteiger partial charge in [0.25, 0.3) is 0 Å². The van der Waals surface area contributed by atoms with E-state index in [1.807, 2.05) is 22.8 Å². The lowest BCUT2D eigenvalue weighted by Crippen LogP contribution is -2.33. The average Bonchev–Trinajstić information content (AvgIpc) is 3.54. The molecule has 0 saturated carbocycles. The monoisotopic (exact) mass is 502 g/mol. The van der Waals surface area contributed by atoms with E-state index in [0.717, 1.165) is 10.5 Å². The third-order valence-corrected chi connectivity index (χ3v) is 8.15. The molecule has 5 rings (SSSR count). The van der Waals surface area contributed by atoms with E-state index in [1.165, 1.54) is 18.1 Å². The van der Waals surface area contributed by atoms with Gasteiger partial charge in [-0.3, -0.25) is 0 Å². The Hall–Kier alpha value is -3.29. The summed E-state index contributed by atoms with van der Waals surface area (Å²) in [4.78, 5) is 13.9. The number of sulfonamides is 1. The van der Waals surface area contributed by atoms with Crippen molar-refractivity contribution in [3.8, 4) is 22.8 Å². The van der Waals surface area contributed by atoms with Crippen molar-refractivity contribution >= 4 is 38.8 Å². The molecular formula is C21H22N6O5S2. The highest BCUT2D eigenvalue weighted by atomic mass is 32.2. The van der Waals surface area contributed by atoms with E-state index in [2.05, 4.69) is 19.7 Å². The number of hydrogen-bond acceptors (Lipinski definition) is 10. The van der Waals surface area contributed by atoms with Gasteiger partial charge in [0.15, 0.2) is 33.6 Å². The van der Waals surface area contributed by atoms with Gasteiger partial charge in [0.05, 0.1) is 11.5 Å². The second-order valence-corrected chi connectivity index (χ2v) is 11.1. The van der Waals surface area contributed by atoms with Crippen LogP contribution in [0.4, 0.5) is 5.82 Å². The van der Waals surface area contributed by atoms with Crippen molar-refractivity contribution in [1.29, 1.82) is 0 Å². The summed E-state index contributed by atoms with van der Waals surface area (Å²) >= 11 is 1.36. The Morgan fingerprint density at radius 2 is 2.03 bits per heavy atom. The first-order valence-electron chi connectivity index (χ1n) is 10.4. The molecule has 0 fully saturated rings. The summed E-state index contributed by atoms with van der Waals surface area (Å²) in [5.74, 6) is 2.14. The Bertz CT molecular complexity index is 1450. The molecule has 34 heavy (non-hydrogen) atoms. The molecular weight excluding hydrogens is 480 g/mol. The van der Waals surface area contributed by atoms with E-state index >= 15 is 0 Å². The predicted octanol–water partition coefficient (Wildman–Crippen LogP) is 2.88. The van der Waals surface area contributed by atoms with Gasteiger partial charge in [-0.1, -0.05) is 11.8 Å². The van der Waals surface area contributed by atoms with E-state index < -0.39 is 15.3 Å². The van der Waals surface area contributed by atoms with Crippen LogP contribution >= 0.6 is 11.8 Å². The summed E-state index contributed by atoms with van der Waals surface area (Å²) in [6, 6.07) is 7.39. The zero-order chi connectivity index (χ0) is 23.9. The van der Waals surface area contributed by atoms with Gasteiger partial charge < -0.3 is 24.2 Å². The molecule has 1 aliphatic heterocycles. The van der Waals surface area contributed by atoms with E-state index in [0.29, 0.717) is 40.1 Å². The summed E-state index contributed by atoms with van der Waals surface area (Å²) in [7, 11) is -3.42. The van der Waals surface area contributed by atoms with Gasteiger partial charge in [0.2, 0.25) is 16.8 Å². The fourth-order valence-electron chi connectivity index (χ4n) is 3.41. The van der Waals surface area contributed by atoms with Crippen LogP contribution in [-0.2, 0) is 16.6 Å². The molecule has 0 spiro atoms. The molecule has 3 aromatic heterocycles. The molecule has 0 aliphatic carbocycles. The zero-order valence-electron chi connectivity index (χ0n) is 18.4. The normalized spacial score (nSPS) is 13.3. The Morgan fingerprint density at radius 3 is 2.76 bits per heavy atom. The highest BCUT2D eigenvalue weighted by Gasteiger charge is 2.23. The first kappa shape index (κ1) is 22.5. The van der Waals surface area contributed by atoms with Crippen molar-refractivity contribution in [2.45, 2.75) is 35.7 Å². The number of nitrogen functional groups attached to an aromatic ring is 1. The Labute approximate surface area is 199 Å². The van der Waals surface area contributed by atoms with Gasteiger partial charge in [-0.25, -0.2) is 28.1 Å². The summed E-state index contributed by atoms with van der Waals surface area (Å²) in [6.45, 7) is 3.85. The maximum Gasteiger partial charge on any atom is 0.231 e. The van der Waals surface area contributed by atoms with Crippen molar-refractivity contribution < 1.29 is 22.3 Å². The molecule has 1 aromatic carbocycles. The second kappa shape index (κ2) is 8.81. The highest BCUT2D eigenvalue weighted by Crippen LogP contribution is 2.45. The van der Waals surface area contributed by atoms with Crippen LogP contribution in [0, 0.1) is 0 Å². The standard InChI is InChI=1S/C21H22N6O5S2/c1-12(2)34(28,29)25-5-6-27-20-18(19(22)23-10-24-20)26-21(27)33-17-9-16-15(31-11-32-16)8-13(17)14-4-3-7-30-14/h3-4,7-10,12,25H,5-6,11H2,1-2H3,(H2,22,23,24). The molecule has 0 unspecified atom stereocenters. The maximum absolute atomic E-state index is 12.2. The number of benzene rings is 1. The van der Waals surface area contributed by atoms with Crippen LogP contribution in [0.3, 0.4) is 0 Å². The minimum Gasteiger partial charge on any atom is -0.464 e. The van der Waals surface area contributed by atoms with E-state index in [1.54, 1.807) is 26.2 Å². The van der Waals surface area contributed by atoms with Crippen LogP contribution in [0.15, 0.2) is 51.3 Å². The molecule has 1 aliphatic rings. The smallest absolute Gasteiger partial charge is 0.231 e. The lowest BCUT2D eigenvalue weighted by atomic mass is 10.1. The molecule has 13 heteroatoms. The predicted molar refractivity (Wildman–Crippen MR) is 126 cm³/mol. The van der Waals surface area contributed by atoms with Gasteiger partial charge in [-0.15, -0.1) is 0 Å². The van der Waals surface area contributed by atoms with Crippen LogP contribution in [0.2, 0.25) is 0 Å². The third kappa shape index (κ3) is 4.17. The average molecular weight is 503 g/mol. The summed E-state index contributed by atoms with van der Waals surface area (Å²) < 4.78 is 45.6. The number of anilines is 1. The lowest BCUT2D eigenvalue weighted by Gasteiger charge is -2.13. The number of furan rings is 1. The minimum absolute atomic E-state index is 0.141. The van der Waals surface area contributed by atoms with Gasteiger partial charge in [0.1, 0.15) is 12.1 Å². The number of hydrogen-bond donors (Lipinski definition) is 2. The van der Waals surface area contributed by atoms with Crippen LogP contribution in [0.5, 0.6) is 11.5 Å². The number of nitrogens with two attached hydrogens (primary N) is 1. The molecule has 0 saturated heterocycles. The third-order valence-electron chi connectivity index (χ3n) is 5.25. The second-order valence-electron chi connectivity index (χ2n) is 7.75. The largest absolute Gasteiger partial charge is 0.464 e. The van der Waals surface area contributed by atoms with Gasteiger partial charge in [-0.2, -0.15) is 0 Å². The van der Waals surface area contributed by atoms with Crippen molar-refractivity contribution in [3.05, 3.63) is 36.9 Å². The number of aromatic nitrogens is 4. The molecule has 0 radical (unpaired) electrons. The molecule has 178 valence electrons. The lowest BCUT2D eigenvalue weighted by molar-refractivity contribution is 0.174. The van der Waals surface area contributed by atoms with Crippen molar-refractivity contribution in [2.24, 2.45) is 0 Å². The molecule has 4 heterocycles. The minimum atomic E-state index is -3.42. The summed E-state index contributed by atoms with van der Waals surface area (Å²) in [5.41, 5.74) is 7.81. The SMILES string of the molecule is CC(C)S(=O)(=O)NCCn1c(Sc2cc3c(cc2-c2ccco2)OCO3)nc2c(N)ncnc21. The van der Waals surface area contributed by atoms with Crippen LogP contribution < -0.4 is 19.9 Å². The maximum atomic E-state index is 12.2. The van der Waals surface area contributed by atoms with Crippen LogP contribution in [0.1, 0.15) is 13.8 Å². The Kier molecular flexibility index (Phi) is 5.83. The number of fused-ring (bicyclic) bond motifs is 2. The highest BCUT2D eigenvalue weighted by molar-refractivity contribution is 7.99. The fourth-order valence-corrected chi connectivity index (χ4v) is 5.18. The van der Waals surface area contributed by atoms with Gasteiger partial charge in [0, 0.05) is 23.5 Å². The van der Waals surface area contributed by atoms with Crippen molar-refractivity contribution in [1.82, 2.24) is 24.2 Å². The molecule has 11 nitrogen and oxygen atoms in total. The van der Waals surface area contributed by atoms with Crippen LogP contribution in [0.25, 0.3) is 22.5 Å². The van der Waals surface area contributed by atoms with Crippen molar-refractivity contribution in [3.63, 3.8) is 0 Å². The number of ether oxygens (including phenoxy) is 2. The number of nitrogens with one attached hydrogen (secondary N) is 1.